The first-order chi connectivity index (χ1) is 9.52. The van der Waals surface area contributed by atoms with Crippen molar-refractivity contribution in [2.75, 3.05) is 7.11 Å². The normalized spacial score (nSPS) is 12.2. The van der Waals surface area contributed by atoms with Crippen molar-refractivity contribution in [3.8, 4) is 5.75 Å². The molecule has 0 saturated carbocycles. The van der Waals surface area contributed by atoms with Gasteiger partial charge in [0, 0.05) is 11.1 Å². The maximum Gasteiger partial charge on any atom is 0.129 e. The lowest BCUT2D eigenvalue weighted by atomic mass is 10.0. The lowest BCUT2D eigenvalue weighted by molar-refractivity contribution is 0.408. The molecule has 0 amide bonds. The number of ether oxygens (including phenoxy) is 1. The first-order valence-electron chi connectivity index (χ1n) is 6.24. The Morgan fingerprint density at radius 1 is 1.15 bits per heavy atom. The van der Waals surface area contributed by atoms with Gasteiger partial charge in [-0.3, -0.25) is 0 Å². The van der Waals surface area contributed by atoms with E-state index in [-0.39, 0.29) is 12.0 Å². The summed E-state index contributed by atoms with van der Waals surface area (Å²) in [5.74, 6) is -0.545. The summed E-state index contributed by atoms with van der Waals surface area (Å²) in [6.07, 6.45) is 0.0693. The largest absolute Gasteiger partial charge is 0.496 e. The maximum atomic E-state index is 13.7. The molecule has 2 aromatic carbocycles. The number of hydrogen-bond donors (Lipinski definition) is 0. The molecule has 2 aromatic rings. The highest BCUT2D eigenvalue weighted by atomic mass is 35.5. The number of aryl methyl sites for hydroxylation is 1. The van der Waals surface area contributed by atoms with Gasteiger partial charge in [-0.1, -0.05) is 23.8 Å². The second-order valence-electron chi connectivity index (χ2n) is 4.62. The quantitative estimate of drug-likeness (QED) is 0.736. The van der Waals surface area contributed by atoms with E-state index in [4.69, 9.17) is 16.3 Å². The summed E-state index contributed by atoms with van der Waals surface area (Å²) >= 11 is 6.33. The number of hydrogen-bond acceptors (Lipinski definition) is 1. The van der Waals surface area contributed by atoms with Crippen LogP contribution in [0, 0.1) is 18.6 Å². The Hall–Kier alpha value is -1.61. The molecule has 0 aromatic heterocycles. The molecule has 20 heavy (non-hydrogen) atoms. The van der Waals surface area contributed by atoms with E-state index in [0.717, 1.165) is 11.1 Å². The van der Waals surface area contributed by atoms with Crippen LogP contribution in [0.4, 0.5) is 8.78 Å². The molecule has 0 aliphatic rings. The highest BCUT2D eigenvalue weighted by Crippen LogP contribution is 2.34. The Morgan fingerprint density at radius 3 is 2.40 bits per heavy atom. The summed E-state index contributed by atoms with van der Waals surface area (Å²) in [6.45, 7) is 1.93. The number of benzene rings is 2. The van der Waals surface area contributed by atoms with Crippen molar-refractivity contribution >= 4 is 11.6 Å². The van der Waals surface area contributed by atoms with Crippen molar-refractivity contribution < 1.29 is 13.5 Å². The third-order valence-electron chi connectivity index (χ3n) is 3.17. The molecular formula is C16H15ClF2O. The molecule has 0 aliphatic carbocycles. The predicted octanol–water partition coefficient (Wildman–Crippen LogP) is 4.80. The summed E-state index contributed by atoms with van der Waals surface area (Å²) < 4.78 is 32.6. The van der Waals surface area contributed by atoms with Gasteiger partial charge in [0.2, 0.25) is 0 Å². The van der Waals surface area contributed by atoms with Crippen LogP contribution in [0.2, 0.25) is 0 Å². The van der Waals surface area contributed by atoms with Gasteiger partial charge in [-0.05, 0) is 31.5 Å². The Bertz CT molecular complexity index is 593. The second-order valence-corrected chi connectivity index (χ2v) is 5.14. The summed E-state index contributed by atoms with van der Waals surface area (Å²) in [5, 5.41) is -0.559. The minimum atomic E-state index is -0.581. The van der Waals surface area contributed by atoms with Gasteiger partial charge in [0.05, 0.1) is 12.5 Å². The van der Waals surface area contributed by atoms with Crippen molar-refractivity contribution in [1.29, 1.82) is 0 Å². The number of rotatable bonds is 4. The van der Waals surface area contributed by atoms with Gasteiger partial charge in [0.1, 0.15) is 17.4 Å². The van der Waals surface area contributed by atoms with Gasteiger partial charge >= 0.3 is 0 Å². The molecule has 0 aliphatic heterocycles. The first kappa shape index (κ1) is 14.8. The van der Waals surface area contributed by atoms with Crippen molar-refractivity contribution in [2.45, 2.75) is 18.7 Å². The van der Waals surface area contributed by atoms with Crippen LogP contribution in [0.15, 0.2) is 36.4 Å². The highest BCUT2D eigenvalue weighted by molar-refractivity contribution is 6.21. The molecule has 0 fully saturated rings. The molecule has 1 unspecified atom stereocenters. The SMILES string of the molecule is COc1ccc(C)cc1C(Cl)Cc1c(F)cccc1F. The van der Waals surface area contributed by atoms with E-state index in [9.17, 15) is 8.78 Å². The van der Waals surface area contributed by atoms with Crippen LogP contribution in [0.25, 0.3) is 0 Å². The average Bonchev–Trinajstić information content (AvgIpc) is 2.43. The van der Waals surface area contributed by atoms with Crippen LogP contribution < -0.4 is 4.74 Å². The molecule has 106 valence electrons. The standard InChI is InChI=1S/C16H15ClF2O/c1-10-6-7-16(20-2)11(8-10)13(17)9-12-14(18)4-3-5-15(12)19/h3-8,13H,9H2,1-2H3. The summed E-state index contributed by atoms with van der Waals surface area (Å²) in [7, 11) is 1.54. The molecule has 0 spiro atoms. The molecular weight excluding hydrogens is 282 g/mol. The second kappa shape index (κ2) is 6.23. The summed E-state index contributed by atoms with van der Waals surface area (Å²) in [4.78, 5) is 0. The van der Waals surface area contributed by atoms with Crippen LogP contribution in [-0.2, 0) is 6.42 Å². The zero-order valence-electron chi connectivity index (χ0n) is 11.3. The van der Waals surface area contributed by atoms with Gasteiger partial charge in [-0.15, -0.1) is 11.6 Å². The molecule has 1 atom stereocenters. The van der Waals surface area contributed by atoms with Crippen molar-refractivity contribution in [3.05, 3.63) is 64.7 Å². The maximum absolute atomic E-state index is 13.7. The van der Waals surface area contributed by atoms with E-state index in [0.29, 0.717) is 5.75 Å². The number of methoxy groups -OCH3 is 1. The van der Waals surface area contributed by atoms with E-state index >= 15 is 0 Å². The van der Waals surface area contributed by atoms with Gasteiger partial charge in [-0.2, -0.15) is 0 Å². The van der Waals surface area contributed by atoms with E-state index in [2.05, 4.69) is 0 Å². The molecule has 0 bridgehead atoms. The number of halogens is 3. The summed E-state index contributed by atoms with van der Waals surface area (Å²) in [5.41, 5.74) is 1.74. The van der Waals surface area contributed by atoms with E-state index in [1.807, 2.05) is 19.1 Å². The lowest BCUT2D eigenvalue weighted by Crippen LogP contribution is -2.03. The van der Waals surface area contributed by atoms with Gasteiger partial charge in [0.25, 0.3) is 0 Å². The minimum absolute atomic E-state index is 0.00365. The van der Waals surface area contributed by atoms with Crippen LogP contribution in [0.1, 0.15) is 22.1 Å². The van der Waals surface area contributed by atoms with E-state index < -0.39 is 17.0 Å². The Kier molecular flexibility index (Phi) is 4.61. The fourth-order valence-electron chi connectivity index (χ4n) is 2.12. The van der Waals surface area contributed by atoms with E-state index in [1.165, 1.54) is 18.2 Å². The molecule has 0 saturated heterocycles. The third-order valence-corrected chi connectivity index (χ3v) is 3.56. The van der Waals surface area contributed by atoms with Crippen molar-refractivity contribution in [1.82, 2.24) is 0 Å². The first-order valence-corrected chi connectivity index (χ1v) is 6.68. The van der Waals surface area contributed by atoms with Crippen molar-refractivity contribution in [2.24, 2.45) is 0 Å². The Labute approximate surface area is 122 Å². The molecule has 1 nitrogen and oxygen atoms in total. The van der Waals surface area contributed by atoms with Gasteiger partial charge in [-0.25, -0.2) is 8.78 Å². The molecule has 4 heteroatoms. The molecule has 0 radical (unpaired) electrons. The number of alkyl halides is 1. The van der Waals surface area contributed by atoms with Crippen LogP contribution in [0.5, 0.6) is 5.75 Å². The average molecular weight is 297 g/mol. The van der Waals surface area contributed by atoms with Gasteiger partial charge < -0.3 is 4.74 Å². The van der Waals surface area contributed by atoms with Crippen LogP contribution >= 0.6 is 11.6 Å². The zero-order chi connectivity index (χ0) is 14.7. The summed E-state index contributed by atoms with van der Waals surface area (Å²) in [6, 6.07) is 9.37. The predicted molar refractivity (Wildman–Crippen MR) is 76.4 cm³/mol. The monoisotopic (exact) mass is 296 g/mol. The minimum Gasteiger partial charge on any atom is -0.496 e. The lowest BCUT2D eigenvalue weighted by Gasteiger charge is -2.15. The molecule has 0 heterocycles. The fourth-order valence-corrected chi connectivity index (χ4v) is 2.44. The van der Waals surface area contributed by atoms with Gasteiger partial charge in [0.15, 0.2) is 0 Å². The van der Waals surface area contributed by atoms with Crippen LogP contribution in [0.3, 0.4) is 0 Å². The molecule has 2 rings (SSSR count). The third kappa shape index (κ3) is 3.10. The topological polar surface area (TPSA) is 9.23 Å². The Balaban J connectivity index is 2.33. The van der Waals surface area contributed by atoms with Crippen molar-refractivity contribution in [3.63, 3.8) is 0 Å². The Morgan fingerprint density at radius 2 is 1.80 bits per heavy atom. The highest BCUT2D eigenvalue weighted by Gasteiger charge is 2.18. The smallest absolute Gasteiger partial charge is 0.129 e. The fraction of sp³-hybridized carbons (Fsp3) is 0.250. The molecule has 0 N–H and O–H groups in total. The van der Waals surface area contributed by atoms with Crippen LogP contribution in [-0.4, -0.2) is 7.11 Å². The van der Waals surface area contributed by atoms with E-state index in [1.54, 1.807) is 13.2 Å². The zero-order valence-corrected chi connectivity index (χ0v) is 12.0.